The minimum Gasteiger partial charge on any atom is -0.409 e. The maximum Gasteiger partial charge on any atom is 0.227 e. The first kappa shape index (κ1) is 13.7. The minimum atomic E-state index is -0.204. The van der Waals surface area contributed by atoms with Crippen LogP contribution in [-0.4, -0.2) is 23.0 Å². The zero-order valence-corrected chi connectivity index (χ0v) is 9.66. The molecule has 5 heteroatoms. The van der Waals surface area contributed by atoms with Gasteiger partial charge in [-0.2, -0.15) is 0 Å². The Labute approximate surface area is 90.7 Å². The fourth-order valence-corrected chi connectivity index (χ4v) is 1.62. The molecule has 1 amide bonds. The number of rotatable bonds is 6. The molecule has 88 valence electrons. The van der Waals surface area contributed by atoms with Crippen molar-refractivity contribution in [2.45, 2.75) is 46.1 Å². The van der Waals surface area contributed by atoms with Gasteiger partial charge in [0.1, 0.15) is 5.84 Å². The lowest BCUT2D eigenvalue weighted by Crippen LogP contribution is -2.39. The van der Waals surface area contributed by atoms with E-state index in [1.807, 2.05) is 6.92 Å². The predicted molar refractivity (Wildman–Crippen MR) is 59.7 cm³/mol. The number of amidine groups is 1. The summed E-state index contributed by atoms with van der Waals surface area (Å²) in [6.07, 6.45) is 2.00. The van der Waals surface area contributed by atoms with Gasteiger partial charge in [-0.3, -0.25) is 4.79 Å². The van der Waals surface area contributed by atoms with Crippen LogP contribution in [0, 0.1) is 5.92 Å². The first-order valence-electron chi connectivity index (χ1n) is 5.30. The smallest absolute Gasteiger partial charge is 0.227 e. The Morgan fingerprint density at radius 1 is 1.47 bits per heavy atom. The molecule has 0 aromatic heterocycles. The summed E-state index contributed by atoms with van der Waals surface area (Å²) in [5.41, 5.74) is 5.23. The SMILES string of the molecule is CCC(CC)C(C)NC(=O)C/C(N)=N/O. The molecule has 0 rings (SSSR count). The van der Waals surface area contributed by atoms with Crippen LogP contribution < -0.4 is 11.1 Å². The standard InChI is InChI=1S/C10H21N3O2/c1-4-8(5-2)7(3)12-10(14)6-9(11)13-15/h7-8,15H,4-6H2,1-3H3,(H2,11,13)(H,12,14). The van der Waals surface area contributed by atoms with Crippen LogP contribution in [0.15, 0.2) is 5.16 Å². The molecule has 0 aromatic carbocycles. The van der Waals surface area contributed by atoms with E-state index in [4.69, 9.17) is 10.9 Å². The number of nitrogens with two attached hydrogens (primary N) is 1. The van der Waals surface area contributed by atoms with E-state index in [1.165, 1.54) is 0 Å². The normalized spacial score (nSPS) is 14.0. The third-order valence-electron chi connectivity index (χ3n) is 2.61. The van der Waals surface area contributed by atoms with Gasteiger partial charge in [-0.15, -0.1) is 0 Å². The largest absolute Gasteiger partial charge is 0.409 e. The quantitative estimate of drug-likeness (QED) is 0.268. The van der Waals surface area contributed by atoms with E-state index in [9.17, 15) is 4.79 Å². The molecule has 0 fully saturated rings. The second-order valence-electron chi connectivity index (χ2n) is 3.70. The second kappa shape index (κ2) is 7.09. The zero-order chi connectivity index (χ0) is 11.8. The summed E-state index contributed by atoms with van der Waals surface area (Å²) in [5, 5.41) is 13.9. The highest BCUT2D eigenvalue weighted by Gasteiger charge is 2.16. The van der Waals surface area contributed by atoms with Crippen LogP contribution in [-0.2, 0) is 4.79 Å². The number of carbonyl (C=O) groups excluding carboxylic acids is 1. The monoisotopic (exact) mass is 215 g/mol. The Morgan fingerprint density at radius 3 is 2.40 bits per heavy atom. The third kappa shape index (κ3) is 5.24. The van der Waals surface area contributed by atoms with Gasteiger partial charge in [0.05, 0.1) is 6.42 Å². The van der Waals surface area contributed by atoms with Gasteiger partial charge in [0.25, 0.3) is 0 Å². The van der Waals surface area contributed by atoms with Crippen LogP contribution in [0.3, 0.4) is 0 Å². The van der Waals surface area contributed by atoms with E-state index < -0.39 is 0 Å². The van der Waals surface area contributed by atoms with Crippen LogP contribution in [0.4, 0.5) is 0 Å². The number of hydrogen-bond acceptors (Lipinski definition) is 3. The summed E-state index contributed by atoms with van der Waals surface area (Å²) in [7, 11) is 0. The minimum absolute atomic E-state index is 0.0546. The van der Waals surface area contributed by atoms with Gasteiger partial charge < -0.3 is 16.3 Å². The molecular weight excluding hydrogens is 194 g/mol. The van der Waals surface area contributed by atoms with E-state index >= 15 is 0 Å². The number of hydrogen-bond donors (Lipinski definition) is 3. The summed E-state index contributed by atoms with van der Waals surface area (Å²) >= 11 is 0. The molecule has 15 heavy (non-hydrogen) atoms. The first-order chi connectivity index (χ1) is 7.04. The average molecular weight is 215 g/mol. The molecule has 0 aliphatic heterocycles. The van der Waals surface area contributed by atoms with Crippen LogP contribution in [0.2, 0.25) is 0 Å². The van der Waals surface area contributed by atoms with Crippen molar-refractivity contribution in [2.24, 2.45) is 16.8 Å². The van der Waals surface area contributed by atoms with Crippen molar-refractivity contribution >= 4 is 11.7 Å². The number of oxime groups is 1. The van der Waals surface area contributed by atoms with Gasteiger partial charge in [-0.25, -0.2) is 0 Å². The van der Waals surface area contributed by atoms with Gasteiger partial charge in [0.15, 0.2) is 0 Å². The fourth-order valence-electron chi connectivity index (χ4n) is 1.62. The van der Waals surface area contributed by atoms with Crippen molar-refractivity contribution in [1.82, 2.24) is 5.32 Å². The second-order valence-corrected chi connectivity index (χ2v) is 3.70. The topological polar surface area (TPSA) is 87.7 Å². The summed E-state index contributed by atoms with van der Waals surface area (Å²) in [5.74, 6) is 0.204. The molecule has 0 aliphatic carbocycles. The zero-order valence-electron chi connectivity index (χ0n) is 9.66. The molecular formula is C10H21N3O2. The van der Waals surface area contributed by atoms with Crippen molar-refractivity contribution in [2.75, 3.05) is 0 Å². The predicted octanol–water partition coefficient (Wildman–Crippen LogP) is 1.06. The van der Waals surface area contributed by atoms with Gasteiger partial charge >= 0.3 is 0 Å². The summed E-state index contributed by atoms with van der Waals surface area (Å²) in [4.78, 5) is 11.4. The number of nitrogens with zero attached hydrogens (tertiary/aromatic N) is 1. The highest BCUT2D eigenvalue weighted by molar-refractivity contribution is 5.98. The average Bonchev–Trinajstić information content (AvgIpc) is 2.19. The van der Waals surface area contributed by atoms with E-state index in [0.29, 0.717) is 5.92 Å². The molecule has 0 aromatic rings. The molecule has 0 spiro atoms. The van der Waals surface area contributed by atoms with E-state index in [0.717, 1.165) is 12.8 Å². The molecule has 1 atom stereocenters. The molecule has 0 heterocycles. The van der Waals surface area contributed by atoms with Crippen molar-refractivity contribution in [3.05, 3.63) is 0 Å². The van der Waals surface area contributed by atoms with Crippen LogP contribution in [0.1, 0.15) is 40.0 Å². The van der Waals surface area contributed by atoms with Gasteiger partial charge in [-0.05, 0) is 12.8 Å². The molecule has 0 bridgehead atoms. The van der Waals surface area contributed by atoms with Gasteiger partial charge in [0, 0.05) is 6.04 Å². The van der Waals surface area contributed by atoms with Crippen LogP contribution in [0.5, 0.6) is 0 Å². The van der Waals surface area contributed by atoms with E-state index in [1.54, 1.807) is 0 Å². The lowest BCUT2D eigenvalue weighted by atomic mass is 9.95. The first-order valence-corrected chi connectivity index (χ1v) is 5.30. The van der Waals surface area contributed by atoms with Crippen LogP contribution in [0.25, 0.3) is 0 Å². The highest BCUT2D eigenvalue weighted by Crippen LogP contribution is 2.12. The molecule has 0 aliphatic rings. The third-order valence-corrected chi connectivity index (χ3v) is 2.61. The lowest BCUT2D eigenvalue weighted by Gasteiger charge is -2.22. The van der Waals surface area contributed by atoms with Gasteiger partial charge in [-0.1, -0.05) is 31.8 Å². The number of carbonyl (C=O) groups is 1. The number of nitrogens with one attached hydrogen (secondary N) is 1. The Balaban J connectivity index is 4.05. The summed E-state index contributed by atoms with van der Waals surface area (Å²) in [6, 6.07) is 0.124. The van der Waals surface area contributed by atoms with Crippen LogP contribution >= 0.6 is 0 Å². The summed E-state index contributed by atoms with van der Waals surface area (Å²) < 4.78 is 0. The highest BCUT2D eigenvalue weighted by atomic mass is 16.4. The molecule has 4 N–H and O–H groups in total. The van der Waals surface area contributed by atoms with Crippen molar-refractivity contribution < 1.29 is 10.0 Å². The van der Waals surface area contributed by atoms with E-state index in [-0.39, 0.29) is 24.2 Å². The summed E-state index contributed by atoms with van der Waals surface area (Å²) in [6.45, 7) is 6.17. The Kier molecular flexibility index (Phi) is 6.49. The Hall–Kier alpha value is -1.26. The lowest BCUT2D eigenvalue weighted by molar-refractivity contribution is -0.120. The van der Waals surface area contributed by atoms with Crippen molar-refractivity contribution in [3.8, 4) is 0 Å². The molecule has 0 saturated heterocycles. The van der Waals surface area contributed by atoms with Crippen molar-refractivity contribution in [1.29, 1.82) is 0 Å². The molecule has 5 nitrogen and oxygen atoms in total. The molecule has 1 unspecified atom stereocenters. The molecule has 0 saturated carbocycles. The maximum absolute atomic E-state index is 11.4. The van der Waals surface area contributed by atoms with E-state index in [2.05, 4.69) is 24.3 Å². The molecule has 0 radical (unpaired) electrons. The Bertz CT molecular complexity index is 225. The number of amides is 1. The van der Waals surface area contributed by atoms with Crippen molar-refractivity contribution in [3.63, 3.8) is 0 Å². The Morgan fingerprint density at radius 2 is 2.00 bits per heavy atom. The maximum atomic E-state index is 11.4. The fraction of sp³-hybridized carbons (Fsp3) is 0.800. The van der Waals surface area contributed by atoms with Gasteiger partial charge in [0.2, 0.25) is 5.91 Å².